The Morgan fingerprint density at radius 3 is 2.30 bits per heavy atom. The fraction of sp³-hybridized carbons (Fsp3) is 0.222. The van der Waals surface area contributed by atoms with Crippen molar-refractivity contribution in [3.63, 3.8) is 0 Å². The molecular formula is C18H19Br2IN2. The molecule has 2 nitrogen and oxygen atoms in total. The summed E-state index contributed by atoms with van der Waals surface area (Å²) in [4.78, 5) is 8.55. The normalized spacial score (nSPS) is 12.9. The van der Waals surface area contributed by atoms with Gasteiger partial charge in [0.15, 0.2) is 0 Å². The summed E-state index contributed by atoms with van der Waals surface area (Å²) in [6, 6.07) is 4.21. The van der Waals surface area contributed by atoms with E-state index in [2.05, 4.69) is 94.8 Å². The third kappa shape index (κ3) is 4.97. The summed E-state index contributed by atoms with van der Waals surface area (Å²) >= 11 is 9.11. The Labute approximate surface area is 168 Å². The quantitative estimate of drug-likeness (QED) is 0.335. The van der Waals surface area contributed by atoms with Gasteiger partial charge in [0, 0.05) is 43.3 Å². The van der Waals surface area contributed by atoms with Crippen LogP contribution >= 0.6 is 54.5 Å². The van der Waals surface area contributed by atoms with Crippen molar-refractivity contribution in [3.8, 4) is 0 Å². The molecule has 5 heteroatoms. The number of aromatic nitrogens is 2. The number of halogens is 3. The van der Waals surface area contributed by atoms with Crippen molar-refractivity contribution in [1.29, 1.82) is 0 Å². The first-order valence-corrected chi connectivity index (χ1v) is 9.11. The predicted molar refractivity (Wildman–Crippen MR) is 116 cm³/mol. The first-order valence-electron chi connectivity index (χ1n) is 6.45. The monoisotopic (exact) mass is 548 g/mol. The van der Waals surface area contributed by atoms with Crippen molar-refractivity contribution in [2.24, 2.45) is 0 Å². The molecule has 0 atom stereocenters. The molecule has 4 rings (SSSR count). The van der Waals surface area contributed by atoms with Crippen LogP contribution in [-0.2, 0) is 12.8 Å². The van der Waals surface area contributed by atoms with E-state index in [4.69, 9.17) is 0 Å². The van der Waals surface area contributed by atoms with Crippen molar-refractivity contribution in [2.75, 3.05) is 0 Å². The first kappa shape index (κ1) is 20.5. The molecule has 2 aliphatic carbocycles. The SMILES string of the molecule is Brc1cnc2c(c1)C(I)=CC2.Brc1cnc2c(c1)C=CC2.C.C. The number of hydrogen-bond donors (Lipinski definition) is 0. The Bertz CT molecular complexity index is 755. The van der Waals surface area contributed by atoms with E-state index < -0.39 is 0 Å². The molecule has 0 aliphatic heterocycles. The maximum Gasteiger partial charge on any atom is 0.0525 e. The van der Waals surface area contributed by atoms with Crippen LogP contribution in [0.1, 0.15) is 37.4 Å². The average molecular weight is 550 g/mol. The number of nitrogens with zero attached hydrogens (tertiary/aromatic N) is 2. The topological polar surface area (TPSA) is 25.8 Å². The van der Waals surface area contributed by atoms with Gasteiger partial charge in [-0.1, -0.05) is 33.1 Å². The van der Waals surface area contributed by atoms with Crippen molar-refractivity contribution in [3.05, 3.63) is 68.1 Å². The molecular weight excluding hydrogens is 531 g/mol. The van der Waals surface area contributed by atoms with Gasteiger partial charge in [-0.25, -0.2) is 0 Å². The lowest BCUT2D eigenvalue weighted by atomic mass is 10.2. The highest BCUT2D eigenvalue weighted by Gasteiger charge is 2.12. The van der Waals surface area contributed by atoms with Crippen LogP contribution in [-0.4, -0.2) is 9.97 Å². The van der Waals surface area contributed by atoms with Crippen LogP contribution in [0.5, 0.6) is 0 Å². The van der Waals surface area contributed by atoms with E-state index in [0.717, 1.165) is 21.8 Å². The zero-order valence-corrected chi connectivity index (χ0v) is 16.3. The van der Waals surface area contributed by atoms with Gasteiger partial charge in [-0.3, -0.25) is 9.97 Å². The Hall–Kier alpha value is -0.530. The molecule has 2 aliphatic rings. The lowest BCUT2D eigenvalue weighted by molar-refractivity contribution is 1.12. The second-order valence-corrected chi connectivity index (χ2v) is 7.69. The summed E-state index contributed by atoms with van der Waals surface area (Å²) in [6.07, 6.45) is 12.1. The van der Waals surface area contributed by atoms with Gasteiger partial charge < -0.3 is 0 Å². The van der Waals surface area contributed by atoms with Crippen LogP contribution in [0.2, 0.25) is 0 Å². The molecule has 0 unspecified atom stereocenters. The van der Waals surface area contributed by atoms with Gasteiger partial charge in [0.05, 0.1) is 11.4 Å². The molecule has 0 N–H and O–H groups in total. The largest absolute Gasteiger partial charge is 0.259 e. The first-order chi connectivity index (χ1) is 10.1. The van der Waals surface area contributed by atoms with Gasteiger partial charge >= 0.3 is 0 Å². The zero-order valence-electron chi connectivity index (χ0n) is 11.0. The van der Waals surface area contributed by atoms with Crippen LogP contribution in [0.15, 0.2) is 45.6 Å². The number of hydrogen-bond acceptors (Lipinski definition) is 2. The van der Waals surface area contributed by atoms with E-state index in [1.165, 1.54) is 26.1 Å². The molecule has 0 amide bonds. The predicted octanol–water partition coefficient (Wildman–Crippen LogP) is 6.86. The van der Waals surface area contributed by atoms with E-state index in [-0.39, 0.29) is 14.9 Å². The van der Waals surface area contributed by atoms with Crippen LogP contribution in [0.25, 0.3) is 9.66 Å². The molecule has 2 aromatic heterocycles. The number of fused-ring (bicyclic) bond motifs is 2. The Kier molecular flexibility index (Phi) is 8.10. The van der Waals surface area contributed by atoms with Crippen molar-refractivity contribution >= 4 is 64.1 Å². The summed E-state index contributed by atoms with van der Waals surface area (Å²) in [5.41, 5.74) is 4.90. The Morgan fingerprint density at radius 1 is 0.913 bits per heavy atom. The molecule has 0 aromatic carbocycles. The lowest BCUT2D eigenvalue weighted by Gasteiger charge is -1.98. The fourth-order valence-electron chi connectivity index (χ4n) is 2.23. The van der Waals surface area contributed by atoms with Crippen molar-refractivity contribution in [2.45, 2.75) is 27.7 Å². The molecule has 0 saturated carbocycles. The van der Waals surface area contributed by atoms with Gasteiger partial charge in [0.1, 0.15) is 0 Å². The molecule has 0 radical (unpaired) electrons. The van der Waals surface area contributed by atoms with Gasteiger partial charge in [0.25, 0.3) is 0 Å². The van der Waals surface area contributed by atoms with E-state index >= 15 is 0 Å². The number of pyridine rings is 2. The second-order valence-electron chi connectivity index (χ2n) is 4.70. The highest BCUT2D eigenvalue weighted by molar-refractivity contribution is 14.1. The second kappa shape index (κ2) is 9.08. The molecule has 0 spiro atoms. The van der Waals surface area contributed by atoms with Crippen LogP contribution < -0.4 is 0 Å². The molecule has 2 heterocycles. The Morgan fingerprint density at radius 2 is 1.57 bits per heavy atom. The van der Waals surface area contributed by atoms with Crippen molar-refractivity contribution in [1.82, 2.24) is 9.97 Å². The van der Waals surface area contributed by atoms with E-state index in [0.29, 0.717) is 0 Å². The van der Waals surface area contributed by atoms with Crippen LogP contribution in [0.4, 0.5) is 0 Å². The molecule has 2 aromatic rings. The van der Waals surface area contributed by atoms with E-state index in [1.54, 1.807) is 0 Å². The number of rotatable bonds is 0. The maximum atomic E-state index is 4.31. The van der Waals surface area contributed by atoms with Gasteiger partial charge in [-0.05, 0) is 72.1 Å². The summed E-state index contributed by atoms with van der Waals surface area (Å²) in [6.45, 7) is 0. The summed E-state index contributed by atoms with van der Waals surface area (Å²) in [5, 5.41) is 0. The third-order valence-electron chi connectivity index (χ3n) is 3.25. The zero-order chi connectivity index (χ0) is 14.8. The molecule has 0 fully saturated rings. The molecule has 122 valence electrons. The maximum absolute atomic E-state index is 4.31. The van der Waals surface area contributed by atoms with Crippen LogP contribution in [0, 0.1) is 0 Å². The molecule has 0 saturated heterocycles. The van der Waals surface area contributed by atoms with Gasteiger partial charge in [-0.2, -0.15) is 0 Å². The van der Waals surface area contributed by atoms with E-state index in [1.807, 2.05) is 12.4 Å². The molecule has 23 heavy (non-hydrogen) atoms. The van der Waals surface area contributed by atoms with Gasteiger partial charge in [0.2, 0.25) is 0 Å². The highest BCUT2D eigenvalue weighted by Crippen LogP contribution is 2.32. The standard InChI is InChI=1S/C8H5BrIN.C8H6BrN.2CH4/c9-5-3-6-7(10)1-2-8(6)11-4-5;9-7-4-6-2-1-3-8(6)10-5-7;;/h1,3-4H,2H2;1-2,4-5H,3H2;2*1H4. The fourth-order valence-corrected chi connectivity index (χ4v) is 3.60. The average Bonchev–Trinajstić information content (AvgIpc) is 3.06. The third-order valence-corrected chi connectivity index (χ3v) is 5.14. The highest BCUT2D eigenvalue weighted by atomic mass is 127. The van der Waals surface area contributed by atoms with Crippen molar-refractivity contribution < 1.29 is 0 Å². The Balaban J connectivity index is 0.000000212. The summed E-state index contributed by atoms with van der Waals surface area (Å²) in [7, 11) is 0. The van der Waals surface area contributed by atoms with Crippen LogP contribution in [0.3, 0.4) is 0 Å². The minimum Gasteiger partial charge on any atom is -0.259 e. The minimum absolute atomic E-state index is 0. The number of allylic oxidation sites excluding steroid dienone is 2. The van der Waals surface area contributed by atoms with Gasteiger partial charge in [-0.15, -0.1) is 0 Å². The summed E-state index contributed by atoms with van der Waals surface area (Å²) in [5.74, 6) is 0. The molecule has 0 bridgehead atoms. The smallest absolute Gasteiger partial charge is 0.0525 e. The minimum atomic E-state index is 0. The lowest BCUT2D eigenvalue weighted by Crippen LogP contribution is -1.86. The summed E-state index contributed by atoms with van der Waals surface area (Å²) < 4.78 is 3.42. The van der Waals surface area contributed by atoms with E-state index in [9.17, 15) is 0 Å².